The summed E-state index contributed by atoms with van der Waals surface area (Å²) in [5.74, 6) is -1.64. The molecular weight excluding hydrogens is 345 g/mol. The maximum atomic E-state index is 13.9. The van der Waals surface area contributed by atoms with Crippen molar-refractivity contribution in [1.82, 2.24) is 4.57 Å². The maximum absolute atomic E-state index is 13.9. The average molecular weight is 367 g/mol. The summed E-state index contributed by atoms with van der Waals surface area (Å²) in [6, 6.07) is 14.6. The van der Waals surface area contributed by atoms with Crippen LogP contribution in [0, 0.1) is 5.82 Å². The zero-order valence-electron chi connectivity index (χ0n) is 15.0. The molecule has 0 saturated heterocycles. The molecule has 3 aromatic rings. The predicted molar refractivity (Wildman–Crippen MR) is 101 cm³/mol. The van der Waals surface area contributed by atoms with E-state index in [0.717, 1.165) is 40.6 Å². The Kier molecular flexibility index (Phi) is 4.94. The summed E-state index contributed by atoms with van der Waals surface area (Å²) >= 11 is 0. The highest BCUT2D eigenvalue weighted by atomic mass is 19.1. The number of aromatic nitrogens is 1. The van der Waals surface area contributed by atoms with Gasteiger partial charge < -0.3 is 14.4 Å². The van der Waals surface area contributed by atoms with Gasteiger partial charge in [-0.25, -0.2) is 4.39 Å². The van der Waals surface area contributed by atoms with Crippen LogP contribution >= 0.6 is 0 Å². The van der Waals surface area contributed by atoms with E-state index in [2.05, 4.69) is 0 Å². The first-order valence-corrected chi connectivity index (χ1v) is 9.30. The third kappa shape index (κ3) is 3.47. The lowest BCUT2D eigenvalue weighted by atomic mass is 9.85. The van der Waals surface area contributed by atoms with Crippen LogP contribution in [0.2, 0.25) is 0 Å². The number of carboxylic acid groups (broad SMARTS) is 1. The van der Waals surface area contributed by atoms with Crippen molar-refractivity contribution >= 4 is 16.9 Å². The Balaban J connectivity index is 1.62. The smallest absolute Gasteiger partial charge is 0.311 e. The molecule has 0 fully saturated rings. The van der Waals surface area contributed by atoms with Crippen molar-refractivity contribution in [1.29, 1.82) is 0 Å². The zero-order valence-corrected chi connectivity index (χ0v) is 15.0. The number of hydrogen-bond acceptors (Lipinski definition) is 2. The van der Waals surface area contributed by atoms with E-state index >= 15 is 0 Å². The molecule has 1 unspecified atom stereocenters. The first kappa shape index (κ1) is 17.7. The van der Waals surface area contributed by atoms with Crippen LogP contribution in [-0.4, -0.2) is 22.2 Å². The molecule has 0 radical (unpaired) electrons. The molecule has 0 spiro atoms. The van der Waals surface area contributed by atoms with Gasteiger partial charge in [-0.2, -0.15) is 0 Å². The van der Waals surface area contributed by atoms with E-state index in [9.17, 15) is 14.3 Å². The van der Waals surface area contributed by atoms with E-state index in [1.54, 1.807) is 6.07 Å². The molecule has 140 valence electrons. The van der Waals surface area contributed by atoms with Crippen molar-refractivity contribution in [2.45, 2.75) is 38.3 Å². The van der Waals surface area contributed by atoms with Crippen molar-refractivity contribution in [3.05, 3.63) is 71.2 Å². The van der Waals surface area contributed by atoms with E-state index < -0.39 is 11.9 Å². The predicted octanol–water partition coefficient (Wildman–Crippen LogP) is 4.50. The van der Waals surface area contributed by atoms with Crippen LogP contribution in [0.25, 0.3) is 10.9 Å². The molecular formula is C22H22FNO3. The Morgan fingerprint density at radius 2 is 2.04 bits per heavy atom. The van der Waals surface area contributed by atoms with Gasteiger partial charge in [-0.05, 0) is 48.6 Å². The van der Waals surface area contributed by atoms with Crippen LogP contribution in [0.3, 0.4) is 0 Å². The number of fused-ring (bicyclic) bond motifs is 3. The first-order valence-electron chi connectivity index (χ1n) is 9.30. The molecule has 2 aromatic carbocycles. The lowest BCUT2D eigenvalue weighted by molar-refractivity contribution is -0.139. The second-order valence-corrected chi connectivity index (χ2v) is 6.99. The van der Waals surface area contributed by atoms with Crippen LogP contribution in [0.4, 0.5) is 4.39 Å². The van der Waals surface area contributed by atoms with Gasteiger partial charge in [0, 0.05) is 17.6 Å². The molecule has 1 aliphatic rings. The second kappa shape index (κ2) is 7.53. The molecule has 27 heavy (non-hydrogen) atoms. The molecule has 0 saturated carbocycles. The lowest BCUT2D eigenvalue weighted by Crippen LogP contribution is -2.19. The number of benzene rings is 2. The summed E-state index contributed by atoms with van der Waals surface area (Å²) in [6.07, 6.45) is 2.27. The van der Waals surface area contributed by atoms with E-state index in [0.29, 0.717) is 26.2 Å². The van der Waals surface area contributed by atoms with Gasteiger partial charge in [-0.3, -0.25) is 4.79 Å². The number of nitrogens with zero attached hydrogens (tertiary/aromatic N) is 1. The van der Waals surface area contributed by atoms with Crippen molar-refractivity contribution < 1.29 is 19.0 Å². The lowest BCUT2D eigenvalue weighted by Gasteiger charge is -2.21. The molecule has 4 nitrogen and oxygen atoms in total. The van der Waals surface area contributed by atoms with Crippen LogP contribution in [0.1, 0.15) is 35.6 Å². The number of hydrogen-bond donors (Lipinski definition) is 1. The van der Waals surface area contributed by atoms with E-state index in [1.807, 2.05) is 34.9 Å². The van der Waals surface area contributed by atoms with Crippen LogP contribution < -0.4 is 0 Å². The fourth-order valence-corrected chi connectivity index (χ4v) is 4.10. The molecule has 1 heterocycles. The minimum atomic E-state index is -0.806. The summed E-state index contributed by atoms with van der Waals surface area (Å²) in [7, 11) is 0. The third-order valence-corrected chi connectivity index (χ3v) is 5.30. The van der Waals surface area contributed by atoms with Crippen LogP contribution in [-0.2, 0) is 29.1 Å². The summed E-state index contributed by atoms with van der Waals surface area (Å²) in [5, 5.41) is 10.5. The fraction of sp³-hybridized carbons (Fsp3) is 0.318. The first-order chi connectivity index (χ1) is 13.1. The fourth-order valence-electron chi connectivity index (χ4n) is 4.10. The quantitative estimate of drug-likeness (QED) is 0.653. The highest BCUT2D eigenvalue weighted by Crippen LogP contribution is 2.39. The summed E-state index contributed by atoms with van der Waals surface area (Å²) in [5.41, 5.74) is 3.73. The molecule has 0 bridgehead atoms. The normalized spacial score (nSPS) is 16.4. The van der Waals surface area contributed by atoms with Crippen molar-refractivity contribution in [3.8, 4) is 0 Å². The van der Waals surface area contributed by atoms with Gasteiger partial charge in [0.05, 0.1) is 24.6 Å². The van der Waals surface area contributed by atoms with Gasteiger partial charge in [-0.15, -0.1) is 0 Å². The van der Waals surface area contributed by atoms with E-state index in [4.69, 9.17) is 4.74 Å². The average Bonchev–Trinajstić information content (AvgIpc) is 2.99. The third-order valence-electron chi connectivity index (χ3n) is 5.30. The largest absolute Gasteiger partial charge is 0.481 e. The van der Waals surface area contributed by atoms with Crippen molar-refractivity contribution in [3.63, 3.8) is 0 Å². The van der Waals surface area contributed by atoms with Crippen LogP contribution in [0.15, 0.2) is 48.5 Å². The highest BCUT2D eigenvalue weighted by molar-refractivity contribution is 5.91. The minimum Gasteiger partial charge on any atom is -0.481 e. The Bertz CT molecular complexity index is 965. The molecule has 0 amide bonds. The summed E-state index contributed by atoms with van der Waals surface area (Å²) < 4.78 is 21.7. The maximum Gasteiger partial charge on any atom is 0.311 e. The number of halogens is 1. The SMILES string of the molecule is O=C(O)C1CCCc2c1c1ccc(F)cc1n2CCOCc1ccccc1. The molecule has 1 aliphatic carbocycles. The van der Waals surface area contributed by atoms with Gasteiger partial charge in [0.1, 0.15) is 5.82 Å². The second-order valence-electron chi connectivity index (χ2n) is 6.99. The summed E-state index contributed by atoms with van der Waals surface area (Å²) in [4.78, 5) is 11.7. The molecule has 1 atom stereocenters. The minimum absolute atomic E-state index is 0.310. The molecule has 1 N–H and O–H groups in total. The van der Waals surface area contributed by atoms with Crippen molar-refractivity contribution in [2.24, 2.45) is 0 Å². The Morgan fingerprint density at radius 3 is 2.81 bits per heavy atom. The number of ether oxygens (including phenoxy) is 1. The highest BCUT2D eigenvalue weighted by Gasteiger charge is 2.31. The van der Waals surface area contributed by atoms with E-state index in [1.165, 1.54) is 12.1 Å². The number of carboxylic acids is 1. The number of carbonyl (C=O) groups is 1. The zero-order chi connectivity index (χ0) is 18.8. The Morgan fingerprint density at radius 1 is 1.22 bits per heavy atom. The molecule has 0 aliphatic heterocycles. The summed E-state index contributed by atoms with van der Waals surface area (Å²) in [6.45, 7) is 1.59. The van der Waals surface area contributed by atoms with Gasteiger partial charge in [0.2, 0.25) is 0 Å². The Labute approximate surface area is 157 Å². The number of rotatable bonds is 6. The van der Waals surface area contributed by atoms with Gasteiger partial charge in [0.25, 0.3) is 0 Å². The standard InChI is InChI=1S/C22H22FNO3/c23-16-9-10-17-20(13-16)24(11-12-27-14-15-5-2-1-3-6-15)19-8-4-7-18(21(17)19)22(25)26/h1-3,5-6,9-10,13,18H,4,7-8,11-12,14H2,(H,25,26). The van der Waals surface area contributed by atoms with E-state index in [-0.39, 0.29) is 5.82 Å². The monoisotopic (exact) mass is 367 g/mol. The van der Waals surface area contributed by atoms with Crippen LogP contribution in [0.5, 0.6) is 0 Å². The molecule has 5 heteroatoms. The van der Waals surface area contributed by atoms with Crippen molar-refractivity contribution in [2.75, 3.05) is 6.61 Å². The van der Waals surface area contributed by atoms with Gasteiger partial charge in [0.15, 0.2) is 0 Å². The molecule has 4 rings (SSSR count). The topological polar surface area (TPSA) is 51.5 Å². The Hall–Kier alpha value is -2.66. The van der Waals surface area contributed by atoms with Gasteiger partial charge >= 0.3 is 5.97 Å². The molecule has 1 aromatic heterocycles. The number of aliphatic carboxylic acids is 1. The van der Waals surface area contributed by atoms with Gasteiger partial charge in [-0.1, -0.05) is 30.3 Å².